The second-order valence-electron chi connectivity index (χ2n) is 4.46. The first kappa shape index (κ1) is 17.1. The highest BCUT2D eigenvalue weighted by Gasteiger charge is 2.34. The molecule has 5 nitrogen and oxygen atoms in total. The van der Waals surface area contributed by atoms with E-state index in [1.54, 1.807) is 0 Å². The summed E-state index contributed by atoms with van der Waals surface area (Å²) in [5, 5.41) is 3.80. The average Bonchev–Trinajstić information content (AvgIpc) is 2.78. The molecule has 1 N–H and O–H groups in total. The van der Waals surface area contributed by atoms with Gasteiger partial charge in [-0.15, -0.1) is 0 Å². The van der Waals surface area contributed by atoms with E-state index in [1.807, 2.05) is 4.72 Å². The monoisotopic (exact) mass is 369 g/mol. The van der Waals surface area contributed by atoms with Crippen molar-refractivity contribution in [1.82, 2.24) is 14.5 Å². The number of halogens is 4. The Balaban J connectivity index is 2.17. The molecular formula is C12H11Cl2F2N3O2S. The van der Waals surface area contributed by atoms with E-state index in [9.17, 15) is 17.2 Å². The molecule has 0 aliphatic carbocycles. The lowest BCUT2D eigenvalue weighted by Crippen LogP contribution is -2.35. The van der Waals surface area contributed by atoms with Gasteiger partial charge in [0, 0.05) is 17.6 Å². The maximum Gasteiger partial charge on any atom is 0.286 e. The second-order valence-corrected chi connectivity index (χ2v) is 6.99. The molecule has 0 atom stereocenters. The highest BCUT2D eigenvalue weighted by atomic mass is 35.5. The van der Waals surface area contributed by atoms with E-state index in [-0.39, 0.29) is 15.6 Å². The van der Waals surface area contributed by atoms with Crippen LogP contribution in [-0.2, 0) is 23.0 Å². The first-order chi connectivity index (χ1) is 10.1. The third-order valence-corrected chi connectivity index (χ3v) is 5.09. The maximum absolute atomic E-state index is 14.0. The maximum atomic E-state index is 14.0. The fraction of sp³-hybridized carbons (Fsp3) is 0.250. The van der Waals surface area contributed by atoms with Crippen LogP contribution in [-0.4, -0.2) is 24.7 Å². The molecule has 0 amide bonds. The third kappa shape index (κ3) is 3.57. The Morgan fingerprint density at radius 2 is 1.86 bits per heavy atom. The van der Waals surface area contributed by atoms with Crippen LogP contribution in [0.25, 0.3) is 0 Å². The van der Waals surface area contributed by atoms with E-state index in [1.165, 1.54) is 19.2 Å². The van der Waals surface area contributed by atoms with E-state index >= 15 is 0 Å². The minimum Gasteiger partial charge on any atom is -0.256 e. The molecule has 0 saturated heterocycles. The lowest BCUT2D eigenvalue weighted by Gasteiger charge is -2.17. The fourth-order valence-corrected chi connectivity index (χ4v) is 3.23. The van der Waals surface area contributed by atoms with Gasteiger partial charge in [0.15, 0.2) is 0 Å². The summed E-state index contributed by atoms with van der Waals surface area (Å²) in [6.45, 7) is -1.11. The lowest BCUT2D eigenvalue weighted by atomic mass is 10.1. The van der Waals surface area contributed by atoms with Crippen molar-refractivity contribution in [3.05, 3.63) is 46.2 Å². The molecule has 0 unspecified atom stereocenters. The highest BCUT2D eigenvalue weighted by Crippen LogP contribution is 2.29. The Hall–Kier alpha value is -1.22. The molecule has 1 heterocycles. The van der Waals surface area contributed by atoms with E-state index in [0.717, 1.165) is 23.0 Å². The SMILES string of the molecule is Cn1ncc(S(=O)(=O)NCC(F)(F)c2ccc(Cl)cc2)c1Cl. The van der Waals surface area contributed by atoms with Crippen LogP contribution in [0.3, 0.4) is 0 Å². The molecule has 0 radical (unpaired) electrons. The summed E-state index contributed by atoms with van der Waals surface area (Å²) in [5.41, 5.74) is -0.350. The van der Waals surface area contributed by atoms with Gasteiger partial charge in [0.25, 0.3) is 5.92 Å². The first-order valence-corrected chi connectivity index (χ1v) is 8.18. The molecule has 120 valence electrons. The molecule has 2 aromatic rings. The van der Waals surface area contributed by atoms with Crippen molar-refractivity contribution in [1.29, 1.82) is 0 Å². The van der Waals surface area contributed by atoms with Crippen LogP contribution >= 0.6 is 23.2 Å². The van der Waals surface area contributed by atoms with E-state index in [2.05, 4.69) is 5.10 Å². The van der Waals surface area contributed by atoms with Gasteiger partial charge >= 0.3 is 0 Å². The zero-order valence-corrected chi connectivity index (χ0v) is 13.6. The van der Waals surface area contributed by atoms with Crippen LogP contribution in [0.5, 0.6) is 0 Å². The van der Waals surface area contributed by atoms with Crippen molar-refractivity contribution in [3.63, 3.8) is 0 Å². The lowest BCUT2D eigenvalue weighted by molar-refractivity contribution is 0.00210. The van der Waals surface area contributed by atoms with Gasteiger partial charge in [0.05, 0.1) is 12.7 Å². The van der Waals surface area contributed by atoms with Crippen molar-refractivity contribution >= 4 is 33.2 Å². The van der Waals surface area contributed by atoms with E-state index in [4.69, 9.17) is 23.2 Å². The number of aryl methyl sites for hydroxylation is 1. The summed E-state index contributed by atoms with van der Waals surface area (Å²) in [4.78, 5) is -0.358. The number of sulfonamides is 1. The van der Waals surface area contributed by atoms with Gasteiger partial charge in [-0.3, -0.25) is 4.68 Å². The number of alkyl halides is 2. The van der Waals surface area contributed by atoms with Crippen molar-refractivity contribution in [3.8, 4) is 0 Å². The van der Waals surface area contributed by atoms with Crippen LogP contribution in [0.1, 0.15) is 5.56 Å². The minimum absolute atomic E-state index is 0.165. The zero-order chi connectivity index (χ0) is 16.5. The van der Waals surface area contributed by atoms with Crippen LogP contribution in [0.15, 0.2) is 35.4 Å². The predicted molar refractivity (Wildman–Crippen MR) is 78.8 cm³/mol. The molecule has 1 aromatic heterocycles. The Morgan fingerprint density at radius 1 is 1.27 bits per heavy atom. The highest BCUT2D eigenvalue weighted by molar-refractivity contribution is 7.89. The van der Waals surface area contributed by atoms with Crippen LogP contribution in [0, 0.1) is 0 Å². The Bertz CT molecular complexity index is 776. The second kappa shape index (κ2) is 6.11. The average molecular weight is 370 g/mol. The Kier molecular flexibility index (Phi) is 4.76. The summed E-state index contributed by atoms with van der Waals surface area (Å²) in [5.74, 6) is -3.40. The number of aromatic nitrogens is 2. The van der Waals surface area contributed by atoms with Crippen LogP contribution in [0.4, 0.5) is 8.78 Å². The first-order valence-electron chi connectivity index (χ1n) is 5.94. The van der Waals surface area contributed by atoms with Gasteiger partial charge in [0.2, 0.25) is 10.0 Å². The molecule has 0 aliphatic heterocycles. The number of rotatable bonds is 5. The topological polar surface area (TPSA) is 64.0 Å². The van der Waals surface area contributed by atoms with E-state index in [0.29, 0.717) is 5.02 Å². The molecule has 0 spiro atoms. The van der Waals surface area contributed by atoms with E-state index < -0.39 is 22.5 Å². The summed E-state index contributed by atoms with van der Waals surface area (Å²) in [7, 11) is -2.76. The van der Waals surface area contributed by atoms with Gasteiger partial charge in [-0.05, 0) is 12.1 Å². The molecule has 2 rings (SSSR count). The van der Waals surface area contributed by atoms with Gasteiger partial charge in [-0.25, -0.2) is 13.1 Å². The zero-order valence-electron chi connectivity index (χ0n) is 11.2. The minimum atomic E-state index is -4.19. The van der Waals surface area contributed by atoms with Crippen molar-refractivity contribution in [2.75, 3.05) is 6.54 Å². The summed E-state index contributed by atoms with van der Waals surface area (Å²) in [6, 6.07) is 4.87. The molecule has 22 heavy (non-hydrogen) atoms. The molecule has 1 aromatic carbocycles. The van der Waals surface area contributed by atoms with Gasteiger partial charge in [-0.2, -0.15) is 13.9 Å². The van der Waals surface area contributed by atoms with Gasteiger partial charge < -0.3 is 0 Å². The number of hydrogen-bond acceptors (Lipinski definition) is 3. The number of nitrogens with one attached hydrogen (secondary N) is 1. The predicted octanol–water partition coefficient (Wildman–Crippen LogP) is 2.80. The van der Waals surface area contributed by atoms with Crippen LogP contribution < -0.4 is 4.72 Å². The van der Waals surface area contributed by atoms with Crippen molar-refractivity contribution in [2.45, 2.75) is 10.8 Å². The normalized spacial score (nSPS) is 12.6. The smallest absolute Gasteiger partial charge is 0.256 e. The number of benzene rings is 1. The summed E-state index contributed by atoms with van der Waals surface area (Å²) < 4.78 is 55.0. The molecule has 0 bridgehead atoms. The quantitative estimate of drug-likeness (QED) is 0.881. The van der Waals surface area contributed by atoms with Crippen molar-refractivity contribution in [2.24, 2.45) is 7.05 Å². The third-order valence-electron chi connectivity index (χ3n) is 2.88. The Morgan fingerprint density at radius 3 is 2.36 bits per heavy atom. The largest absolute Gasteiger partial charge is 0.286 e. The van der Waals surface area contributed by atoms with Crippen LogP contribution in [0.2, 0.25) is 10.2 Å². The Labute approximate surface area is 135 Å². The molecule has 0 aliphatic rings. The van der Waals surface area contributed by atoms with Crippen molar-refractivity contribution < 1.29 is 17.2 Å². The number of nitrogens with zero attached hydrogens (tertiary/aromatic N) is 2. The molecular weight excluding hydrogens is 359 g/mol. The summed E-state index contributed by atoms with van der Waals surface area (Å²) in [6.07, 6.45) is 0.991. The molecule has 0 fully saturated rings. The van der Waals surface area contributed by atoms with Gasteiger partial charge in [0.1, 0.15) is 10.0 Å². The fourth-order valence-electron chi connectivity index (χ4n) is 1.64. The number of hydrogen-bond donors (Lipinski definition) is 1. The van der Waals surface area contributed by atoms with Gasteiger partial charge in [-0.1, -0.05) is 35.3 Å². The molecule has 10 heteroatoms. The summed E-state index contributed by atoms with van der Waals surface area (Å²) >= 11 is 11.4. The molecule has 0 saturated carbocycles. The standard InChI is InChI=1S/C12H11Cl2F2N3O2S/c1-19-11(14)10(6-17-19)22(20,21)18-7-12(15,16)8-2-4-9(13)5-3-8/h2-6,18H,7H2,1H3.